The van der Waals surface area contributed by atoms with Gasteiger partial charge in [-0.1, -0.05) is 0 Å². The van der Waals surface area contributed by atoms with Crippen LogP contribution in [0.15, 0.2) is 49.4 Å². The first kappa shape index (κ1) is 18.4. The summed E-state index contributed by atoms with van der Waals surface area (Å²) in [6, 6.07) is 4.28. The number of aromatic nitrogens is 6. The highest BCUT2D eigenvalue weighted by molar-refractivity contribution is 5.67. The zero-order valence-corrected chi connectivity index (χ0v) is 16.6. The highest BCUT2D eigenvalue weighted by Crippen LogP contribution is 2.26. The Morgan fingerprint density at radius 1 is 1.00 bits per heavy atom. The topological polar surface area (TPSA) is 102 Å². The van der Waals surface area contributed by atoms with Crippen LogP contribution in [-0.2, 0) is 4.74 Å². The molecule has 4 aromatic heterocycles. The SMILES string of the molecule is Cc1cnc(NC2CCOCC2)nc1-c1cnc2ccc(Nc3cncnc3)cn12. The number of hydrogen-bond donors (Lipinski definition) is 2. The van der Waals surface area contributed by atoms with Crippen molar-refractivity contribution in [1.82, 2.24) is 29.3 Å². The van der Waals surface area contributed by atoms with E-state index in [1.807, 2.05) is 42.0 Å². The minimum Gasteiger partial charge on any atom is -0.381 e. The van der Waals surface area contributed by atoms with Crippen molar-refractivity contribution in [3.63, 3.8) is 0 Å². The summed E-state index contributed by atoms with van der Waals surface area (Å²) in [6.45, 7) is 3.55. The van der Waals surface area contributed by atoms with E-state index >= 15 is 0 Å². The third-order valence-electron chi connectivity index (χ3n) is 5.12. The van der Waals surface area contributed by atoms with Gasteiger partial charge in [0.15, 0.2) is 0 Å². The molecule has 4 aromatic rings. The van der Waals surface area contributed by atoms with Gasteiger partial charge in [-0.3, -0.25) is 4.40 Å². The first-order valence-electron chi connectivity index (χ1n) is 9.94. The number of aryl methyl sites for hydroxylation is 1. The van der Waals surface area contributed by atoms with Gasteiger partial charge in [0, 0.05) is 31.6 Å². The Kier molecular flexibility index (Phi) is 4.94. The summed E-state index contributed by atoms with van der Waals surface area (Å²) in [7, 11) is 0. The molecular formula is C21H22N8O. The zero-order chi connectivity index (χ0) is 20.3. The molecule has 5 heterocycles. The molecule has 0 spiro atoms. The number of rotatable bonds is 5. The minimum absolute atomic E-state index is 0.334. The maximum absolute atomic E-state index is 5.43. The molecule has 1 aliphatic rings. The number of nitrogens with zero attached hydrogens (tertiary/aromatic N) is 6. The molecule has 9 nitrogen and oxygen atoms in total. The van der Waals surface area contributed by atoms with Crippen molar-refractivity contribution in [2.75, 3.05) is 23.8 Å². The van der Waals surface area contributed by atoms with Gasteiger partial charge in [0.25, 0.3) is 0 Å². The fraction of sp³-hybridized carbons (Fsp3) is 0.286. The highest BCUT2D eigenvalue weighted by Gasteiger charge is 2.17. The second-order valence-corrected chi connectivity index (χ2v) is 7.30. The smallest absolute Gasteiger partial charge is 0.223 e. The van der Waals surface area contributed by atoms with Gasteiger partial charge in [0.05, 0.1) is 41.4 Å². The molecule has 1 aliphatic heterocycles. The molecule has 1 fully saturated rings. The van der Waals surface area contributed by atoms with E-state index in [1.54, 1.807) is 12.4 Å². The quantitative estimate of drug-likeness (QED) is 0.525. The zero-order valence-electron chi connectivity index (χ0n) is 16.6. The summed E-state index contributed by atoms with van der Waals surface area (Å²) < 4.78 is 7.46. The molecule has 0 aliphatic carbocycles. The lowest BCUT2D eigenvalue weighted by molar-refractivity contribution is 0.0903. The van der Waals surface area contributed by atoms with Gasteiger partial charge in [-0.25, -0.2) is 24.9 Å². The first-order valence-corrected chi connectivity index (χ1v) is 9.94. The lowest BCUT2D eigenvalue weighted by Crippen LogP contribution is -2.28. The Hall–Kier alpha value is -3.59. The van der Waals surface area contributed by atoms with Crippen LogP contribution in [0.5, 0.6) is 0 Å². The van der Waals surface area contributed by atoms with E-state index in [4.69, 9.17) is 9.72 Å². The largest absolute Gasteiger partial charge is 0.381 e. The number of imidazole rings is 1. The molecule has 5 rings (SSSR count). The maximum atomic E-state index is 5.43. The average Bonchev–Trinajstić information content (AvgIpc) is 3.20. The number of nitrogens with one attached hydrogen (secondary N) is 2. The van der Waals surface area contributed by atoms with E-state index in [1.165, 1.54) is 6.33 Å². The molecule has 30 heavy (non-hydrogen) atoms. The molecule has 0 radical (unpaired) electrons. The lowest BCUT2D eigenvalue weighted by Gasteiger charge is -2.23. The van der Waals surface area contributed by atoms with Crippen molar-refractivity contribution in [3.8, 4) is 11.4 Å². The summed E-state index contributed by atoms with van der Waals surface area (Å²) >= 11 is 0. The van der Waals surface area contributed by atoms with Crippen molar-refractivity contribution >= 4 is 23.0 Å². The molecule has 152 valence electrons. The summed E-state index contributed by atoms with van der Waals surface area (Å²) in [5.74, 6) is 0.633. The van der Waals surface area contributed by atoms with Crippen LogP contribution in [0, 0.1) is 6.92 Å². The number of anilines is 3. The van der Waals surface area contributed by atoms with Gasteiger partial charge in [-0.15, -0.1) is 0 Å². The van der Waals surface area contributed by atoms with Crippen molar-refractivity contribution in [2.45, 2.75) is 25.8 Å². The molecule has 2 N–H and O–H groups in total. The Morgan fingerprint density at radius 2 is 1.83 bits per heavy atom. The Labute approximate surface area is 173 Å². The molecular weight excluding hydrogens is 380 g/mol. The molecule has 0 bridgehead atoms. The highest BCUT2D eigenvalue weighted by atomic mass is 16.5. The van der Waals surface area contributed by atoms with Crippen molar-refractivity contribution in [3.05, 3.63) is 55.0 Å². The van der Waals surface area contributed by atoms with Crippen LogP contribution in [0.3, 0.4) is 0 Å². The summed E-state index contributed by atoms with van der Waals surface area (Å²) in [4.78, 5) is 21.9. The normalized spacial score (nSPS) is 14.7. The van der Waals surface area contributed by atoms with E-state index in [-0.39, 0.29) is 0 Å². The molecule has 0 unspecified atom stereocenters. The first-order chi connectivity index (χ1) is 14.8. The number of ether oxygens (including phenoxy) is 1. The van der Waals surface area contributed by atoms with Crippen LogP contribution in [0.25, 0.3) is 17.0 Å². The van der Waals surface area contributed by atoms with Gasteiger partial charge in [-0.05, 0) is 37.5 Å². The third-order valence-corrected chi connectivity index (χ3v) is 5.12. The van der Waals surface area contributed by atoms with Gasteiger partial charge in [0.2, 0.25) is 5.95 Å². The van der Waals surface area contributed by atoms with E-state index in [2.05, 4.69) is 30.6 Å². The molecule has 0 amide bonds. The average molecular weight is 402 g/mol. The fourth-order valence-corrected chi connectivity index (χ4v) is 3.56. The van der Waals surface area contributed by atoms with Crippen LogP contribution in [-0.4, -0.2) is 48.6 Å². The lowest BCUT2D eigenvalue weighted by atomic mass is 10.1. The second-order valence-electron chi connectivity index (χ2n) is 7.30. The van der Waals surface area contributed by atoms with E-state index in [0.29, 0.717) is 12.0 Å². The summed E-state index contributed by atoms with van der Waals surface area (Å²) in [6.07, 6.45) is 12.6. The van der Waals surface area contributed by atoms with E-state index < -0.39 is 0 Å². The molecule has 0 atom stereocenters. The monoisotopic (exact) mass is 402 g/mol. The summed E-state index contributed by atoms with van der Waals surface area (Å²) in [5, 5.41) is 6.76. The standard InChI is InChI=1S/C21H22N8O/c1-14-8-25-21(27-15-4-6-30-7-5-15)28-20(14)18-11-24-19-3-2-16(12-29(18)19)26-17-9-22-13-23-10-17/h2-3,8-13,15,26H,4-7H2,1H3,(H,25,27,28). The Bertz CT molecular complexity index is 1150. The molecule has 0 saturated carbocycles. The van der Waals surface area contributed by atoms with Crippen molar-refractivity contribution < 1.29 is 4.74 Å². The Morgan fingerprint density at radius 3 is 2.67 bits per heavy atom. The van der Waals surface area contributed by atoms with Crippen molar-refractivity contribution in [1.29, 1.82) is 0 Å². The molecule has 0 aromatic carbocycles. The number of hydrogen-bond acceptors (Lipinski definition) is 8. The van der Waals surface area contributed by atoms with Crippen LogP contribution in [0.2, 0.25) is 0 Å². The van der Waals surface area contributed by atoms with Crippen LogP contribution in [0.1, 0.15) is 18.4 Å². The predicted molar refractivity (Wildman–Crippen MR) is 114 cm³/mol. The fourth-order valence-electron chi connectivity index (χ4n) is 3.56. The van der Waals surface area contributed by atoms with Gasteiger partial charge in [0.1, 0.15) is 12.0 Å². The minimum atomic E-state index is 0.334. The number of fused-ring (bicyclic) bond motifs is 1. The second kappa shape index (κ2) is 8.03. The third kappa shape index (κ3) is 3.79. The molecule has 9 heteroatoms. The van der Waals surface area contributed by atoms with Gasteiger partial charge >= 0.3 is 0 Å². The van der Waals surface area contributed by atoms with E-state index in [0.717, 1.165) is 60.0 Å². The molecule has 1 saturated heterocycles. The maximum Gasteiger partial charge on any atom is 0.223 e. The van der Waals surface area contributed by atoms with Crippen molar-refractivity contribution in [2.24, 2.45) is 0 Å². The van der Waals surface area contributed by atoms with Gasteiger partial charge in [-0.2, -0.15) is 0 Å². The van der Waals surface area contributed by atoms with E-state index in [9.17, 15) is 0 Å². The van der Waals surface area contributed by atoms with Crippen LogP contribution < -0.4 is 10.6 Å². The number of pyridine rings is 1. The predicted octanol–water partition coefficient (Wildman–Crippen LogP) is 3.22. The summed E-state index contributed by atoms with van der Waals surface area (Å²) in [5.41, 5.74) is 5.32. The van der Waals surface area contributed by atoms with Crippen LogP contribution in [0.4, 0.5) is 17.3 Å². The van der Waals surface area contributed by atoms with Gasteiger partial charge < -0.3 is 15.4 Å². The Balaban J connectivity index is 1.47. The van der Waals surface area contributed by atoms with Crippen LogP contribution >= 0.6 is 0 Å².